The van der Waals surface area contributed by atoms with Gasteiger partial charge in [0, 0.05) is 5.75 Å². The number of amides is 3. The predicted octanol–water partition coefficient (Wildman–Crippen LogP) is -3.96. The molecule has 0 aromatic carbocycles. The van der Waals surface area contributed by atoms with Crippen molar-refractivity contribution in [1.29, 1.82) is 0 Å². The van der Waals surface area contributed by atoms with E-state index in [0.717, 1.165) is 0 Å². The summed E-state index contributed by atoms with van der Waals surface area (Å²) in [6.07, 6.45) is 0. The highest BCUT2D eigenvalue weighted by molar-refractivity contribution is 7.80. The summed E-state index contributed by atoms with van der Waals surface area (Å²) in [5.41, 5.74) is 5.39. The van der Waals surface area contributed by atoms with Gasteiger partial charge in [-0.2, -0.15) is 12.6 Å². The molecule has 2 atom stereocenters. The van der Waals surface area contributed by atoms with E-state index >= 15 is 0 Å². The van der Waals surface area contributed by atoms with Crippen LogP contribution in [-0.2, 0) is 19.2 Å². The minimum absolute atomic E-state index is 0.0587. The van der Waals surface area contributed by atoms with Gasteiger partial charge in [-0.15, -0.1) is 0 Å². The second-order valence-corrected chi connectivity index (χ2v) is 4.29. The zero-order chi connectivity index (χ0) is 16.4. The van der Waals surface area contributed by atoms with Crippen molar-refractivity contribution in [3.8, 4) is 0 Å². The van der Waals surface area contributed by atoms with Crippen molar-refractivity contribution in [3.05, 3.63) is 0 Å². The molecule has 11 heteroatoms. The Hall–Kier alpha value is -1.85. The molecule has 0 aliphatic rings. The summed E-state index contributed by atoms with van der Waals surface area (Å²) < 4.78 is 0. The second kappa shape index (κ2) is 9.96. The van der Waals surface area contributed by atoms with Gasteiger partial charge in [-0.05, 0) is 0 Å². The van der Waals surface area contributed by atoms with E-state index in [0.29, 0.717) is 0 Å². The normalized spacial score (nSPS) is 12.9. The molecule has 3 amide bonds. The van der Waals surface area contributed by atoms with Crippen LogP contribution in [0.1, 0.15) is 0 Å². The summed E-state index contributed by atoms with van der Waals surface area (Å²) in [7, 11) is 0. The molecule has 0 fully saturated rings. The number of hydrogen-bond acceptors (Lipinski definition) is 7. The minimum atomic E-state index is -1.27. The van der Waals surface area contributed by atoms with Gasteiger partial charge in [0.05, 0.1) is 19.2 Å². The molecular weight excluding hydrogens is 304 g/mol. The van der Waals surface area contributed by atoms with Crippen LogP contribution in [0.2, 0.25) is 0 Å². The van der Waals surface area contributed by atoms with E-state index < -0.39 is 55.5 Å². The van der Waals surface area contributed by atoms with Crippen LogP contribution < -0.4 is 21.7 Å². The first-order chi connectivity index (χ1) is 9.81. The van der Waals surface area contributed by atoms with Gasteiger partial charge >= 0.3 is 5.97 Å². The van der Waals surface area contributed by atoms with Crippen molar-refractivity contribution in [2.75, 3.05) is 25.4 Å². The van der Waals surface area contributed by atoms with Gasteiger partial charge in [0.15, 0.2) is 0 Å². The first kappa shape index (κ1) is 19.1. The monoisotopic (exact) mass is 322 g/mol. The highest BCUT2D eigenvalue weighted by Gasteiger charge is 2.22. The van der Waals surface area contributed by atoms with E-state index in [1.165, 1.54) is 0 Å². The quantitative estimate of drug-likeness (QED) is 0.212. The van der Waals surface area contributed by atoms with Crippen molar-refractivity contribution >= 4 is 36.3 Å². The van der Waals surface area contributed by atoms with Crippen molar-refractivity contribution in [3.63, 3.8) is 0 Å². The van der Waals surface area contributed by atoms with Crippen LogP contribution in [0.3, 0.4) is 0 Å². The van der Waals surface area contributed by atoms with E-state index in [9.17, 15) is 19.2 Å². The number of aliphatic hydroxyl groups is 1. The molecule has 0 saturated carbocycles. The Morgan fingerprint density at radius 1 is 1.10 bits per heavy atom. The standard InChI is InChI=1S/C10H18N4O6S/c11-5(4-21)9(19)14-6(3-15)10(20)13-1-7(16)12-2-8(17)18/h5-6,15,21H,1-4,11H2,(H,12,16)(H,13,20)(H,14,19)(H,17,18). The third-order valence-corrected chi connectivity index (χ3v) is 2.60. The third-order valence-electron chi connectivity index (χ3n) is 2.21. The molecule has 7 N–H and O–H groups in total. The zero-order valence-corrected chi connectivity index (χ0v) is 11.9. The van der Waals surface area contributed by atoms with Gasteiger partial charge in [-0.1, -0.05) is 0 Å². The molecule has 120 valence electrons. The number of nitrogens with one attached hydrogen (secondary N) is 3. The Morgan fingerprint density at radius 3 is 2.19 bits per heavy atom. The smallest absolute Gasteiger partial charge is 0.322 e. The lowest BCUT2D eigenvalue weighted by Gasteiger charge is -2.18. The predicted molar refractivity (Wildman–Crippen MR) is 74.5 cm³/mol. The summed E-state index contributed by atoms with van der Waals surface area (Å²) in [6, 6.07) is -2.20. The fourth-order valence-corrected chi connectivity index (χ4v) is 1.25. The van der Waals surface area contributed by atoms with Gasteiger partial charge in [-0.25, -0.2) is 0 Å². The lowest BCUT2D eigenvalue weighted by molar-refractivity contribution is -0.138. The van der Waals surface area contributed by atoms with Crippen molar-refractivity contribution < 1.29 is 29.4 Å². The molecule has 0 rings (SSSR count). The van der Waals surface area contributed by atoms with Crippen LogP contribution in [0.15, 0.2) is 0 Å². The largest absolute Gasteiger partial charge is 0.480 e. The zero-order valence-electron chi connectivity index (χ0n) is 11.0. The Labute approximate surface area is 125 Å². The maximum atomic E-state index is 11.6. The van der Waals surface area contributed by atoms with Crippen LogP contribution in [0.4, 0.5) is 0 Å². The number of carboxylic acids is 1. The maximum Gasteiger partial charge on any atom is 0.322 e. The summed E-state index contributed by atoms with van der Waals surface area (Å²) >= 11 is 3.82. The summed E-state index contributed by atoms with van der Waals surface area (Å²) in [5, 5.41) is 23.7. The molecule has 0 radical (unpaired) electrons. The lowest BCUT2D eigenvalue weighted by Crippen LogP contribution is -2.54. The van der Waals surface area contributed by atoms with Gasteiger partial charge in [-0.3, -0.25) is 19.2 Å². The highest BCUT2D eigenvalue weighted by atomic mass is 32.1. The van der Waals surface area contributed by atoms with Gasteiger partial charge < -0.3 is 31.9 Å². The molecule has 10 nitrogen and oxygen atoms in total. The number of carbonyl (C=O) groups excluding carboxylic acids is 3. The number of thiol groups is 1. The average molecular weight is 322 g/mol. The second-order valence-electron chi connectivity index (χ2n) is 3.92. The summed E-state index contributed by atoms with van der Waals surface area (Å²) in [5.74, 6) is -3.36. The molecule has 0 aromatic rings. The van der Waals surface area contributed by atoms with Crippen molar-refractivity contribution in [2.45, 2.75) is 12.1 Å². The molecule has 2 unspecified atom stereocenters. The molecule has 0 spiro atoms. The number of aliphatic hydroxyl groups excluding tert-OH is 1. The van der Waals surface area contributed by atoms with E-state index in [1.54, 1.807) is 0 Å². The fourth-order valence-electron chi connectivity index (χ4n) is 1.08. The Morgan fingerprint density at radius 2 is 1.71 bits per heavy atom. The first-order valence-corrected chi connectivity index (χ1v) is 6.49. The maximum absolute atomic E-state index is 11.6. The first-order valence-electron chi connectivity index (χ1n) is 5.85. The minimum Gasteiger partial charge on any atom is -0.480 e. The fraction of sp³-hybridized carbons (Fsp3) is 0.600. The average Bonchev–Trinajstić information content (AvgIpc) is 2.46. The van der Waals surface area contributed by atoms with E-state index in [4.69, 9.17) is 15.9 Å². The Kier molecular flexibility index (Phi) is 9.08. The van der Waals surface area contributed by atoms with Crippen LogP contribution in [0, 0.1) is 0 Å². The van der Waals surface area contributed by atoms with E-state index in [-0.39, 0.29) is 5.75 Å². The van der Waals surface area contributed by atoms with Crippen LogP contribution in [0.5, 0.6) is 0 Å². The van der Waals surface area contributed by atoms with Gasteiger partial charge in [0.1, 0.15) is 12.6 Å². The van der Waals surface area contributed by atoms with Crippen LogP contribution >= 0.6 is 12.6 Å². The molecular formula is C10H18N4O6S. The third kappa shape index (κ3) is 8.12. The molecule has 0 aromatic heterocycles. The SMILES string of the molecule is NC(CS)C(=O)NC(CO)C(=O)NCC(=O)NCC(=O)O. The van der Waals surface area contributed by atoms with E-state index in [2.05, 4.69) is 23.3 Å². The number of aliphatic carboxylic acids is 1. The number of hydrogen-bond donors (Lipinski definition) is 7. The number of rotatable bonds is 9. The molecule has 0 saturated heterocycles. The van der Waals surface area contributed by atoms with Crippen LogP contribution in [0.25, 0.3) is 0 Å². The topological polar surface area (TPSA) is 171 Å². The molecule has 21 heavy (non-hydrogen) atoms. The van der Waals surface area contributed by atoms with Crippen LogP contribution in [-0.4, -0.2) is 71.4 Å². The van der Waals surface area contributed by atoms with Gasteiger partial charge in [0.25, 0.3) is 0 Å². The number of nitrogens with two attached hydrogens (primary N) is 1. The molecule has 0 aliphatic carbocycles. The molecule has 0 aliphatic heterocycles. The Bertz CT molecular complexity index is 405. The molecule has 0 heterocycles. The lowest BCUT2D eigenvalue weighted by atomic mass is 10.2. The van der Waals surface area contributed by atoms with Crippen molar-refractivity contribution in [2.24, 2.45) is 5.73 Å². The van der Waals surface area contributed by atoms with E-state index in [1.807, 2.05) is 5.32 Å². The number of carbonyl (C=O) groups is 4. The summed E-state index contributed by atoms with van der Waals surface area (Å²) in [4.78, 5) is 44.4. The Balaban J connectivity index is 4.25. The van der Waals surface area contributed by atoms with Gasteiger partial charge in [0.2, 0.25) is 17.7 Å². The highest BCUT2D eigenvalue weighted by Crippen LogP contribution is 1.88. The molecule has 0 bridgehead atoms. The number of carboxylic acid groups (broad SMARTS) is 1. The van der Waals surface area contributed by atoms with Crippen molar-refractivity contribution in [1.82, 2.24) is 16.0 Å². The summed E-state index contributed by atoms with van der Waals surface area (Å²) in [6.45, 7) is -1.75.